The SMILES string of the molecule is CN=C(NCC(C)N1CCc2sccc2C1)N1CCCC(CC(N)=O)C1. The zero-order chi connectivity index (χ0) is 18.5. The Morgan fingerprint density at radius 3 is 3.12 bits per heavy atom. The molecule has 3 rings (SSSR count). The number of primary amides is 1. The molecule has 2 atom stereocenters. The minimum Gasteiger partial charge on any atom is -0.370 e. The Hall–Kier alpha value is -1.60. The number of thiophene rings is 1. The van der Waals surface area contributed by atoms with Gasteiger partial charge in [-0.15, -0.1) is 11.3 Å². The molecule has 0 radical (unpaired) electrons. The van der Waals surface area contributed by atoms with Gasteiger partial charge in [-0.2, -0.15) is 0 Å². The van der Waals surface area contributed by atoms with Crippen LogP contribution in [0.3, 0.4) is 0 Å². The van der Waals surface area contributed by atoms with Gasteiger partial charge in [0.1, 0.15) is 0 Å². The number of guanidine groups is 1. The minimum atomic E-state index is -0.202. The molecule has 1 saturated heterocycles. The van der Waals surface area contributed by atoms with Crippen LogP contribution in [0, 0.1) is 5.92 Å². The maximum atomic E-state index is 11.2. The van der Waals surface area contributed by atoms with E-state index < -0.39 is 0 Å². The smallest absolute Gasteiger partial charge is 0.217 e. The van der Waals surface area contributed by atoms with Gasteiger partial charge in [0.2, 0.25) is 5.91 Å². The van der Waals surface area contributed by atoms with Crippen molar-refractivity contribution in [3.63, 3.8) is 0 Å². The number of nitrogens with one attached hydrogen (secondary N) is 1. The number of nitrogens with two attached hydrogens (primary N) is 1. The van der Waals surface area contributed by atoms with Crippen LogP contribution in [0.2, 0.25) is 0 Å². The maximum Gasteiger partial charge on any atom is 0.217 e. The lowest BCUT2D eigenvalue weighted by molar-refractivity contribution is -0.119. The molecule has 144 valence electrons. The third-order valence-corrected chi connectivity index (χ3v) is 6.56. The number of likely N-dealkylation sites (tertiary alicyclic amines) is 1. The lowest BCUT2D eigenvalue weighted by Gasteiger charge is -2.36. The molecule has 1 aromatic heterocycles. The van der Waals surface area contributed by atoms with Gasteiger partial charge >= 0.3 is 0 Å². The highest BCUT2D eigenvalue weighted by Crippen LogP contribution is 2.25. The van der Waals surface area contributed by atoms with Gasteiger partial charge in [0.15, 0.2) is 5.96 Å². The fourth-order valence-electron chi connectivity index (χ4n) is 4.06. The summed E-state index contributed by atoms with van der Waals surface area (Å²) in [5.41, 5.74) is 6.87. The number of hydrogen-bond donors (Lipinski definition) is 2. The van der Waals surface area contributed by atoms with Crippen LogP contribution in [0.1, 0.15) is 36.6 Å². The summed E-state index contributed by atoms with van der Waals surface area (Å²) in [7, 11) is 1.84. The second-order valence-corrected chi connectivity index (χ2v) is 8.49. The van der Waals surface area contributed by atoms with Crippen molar-refractivity contribution in [1.82, 2.24) is 15.1 Å². The standard InChI is InChI=1S/C19H31N5OS/c1-14(23-8-5-17-16(13-23)6-9-26-17)11-22-19(21-2)24-7-3-4-15(12-24)10-18(20)25/h6,9,14-15H,3-5,7-8,10-13H2,1-2H3,(H2,20,25)(H,21,22). The Balaban J connectivity index is 1.50. The van der Waals surface area contributed by atoms with Crippen LogP contribution in [0.4, 0.5) is 0 Å². The van der Waals surface area contributed by atoms with Crippen molar-refractivity contribution in [2.24, 2.45) is 16.6 Å². The zero-order valence-corrected chi connectivity index (χ0v) is 16.7. The lowest BCUT2D eigenvalue weighted by Crippen LogP contribution is -2.51. The fraction of sp³-hybridized carbons (Fsp3) is 0.684. The number of piperidine rings is 1. The van der Waals surface area contributed by atoms with Gasteiger partial charge in [-0.3, -0.25) is 14.7 Å². The van der Waals surface area contributed by atoms with Crippen molar-refractivity contribution in [2.45, 2.75) is 45.2 Å². The number of nitrogens with zero attached hydrogens (tertiary/aromatic N) is 3. The number of rotatable bonds is 5. The summed E-state index contributed by atoms with van der Waals surface area (Å²) in [6, 6.07) is 2.71. The Kier molecular flexibility index (Phi) is 6.53. The molecule has 3 heterocycles. The van der Waals surface area contributed by atoms with Crippen molar-refractivity contribution in [3.8, 4) is 0 Å². The van der Waals surface area contributed by atoms with E-state index in [0.717, 1.165) is 57.9 Å². The minimum absolute atomic E-state index is 0.202. The van der Waals surface area contributed by atoms with Crippen LogP contribution < -0.4 is 11.1 Å². The van der Waals surface area contributed by atoms with Crippen LogP contribution in [-0.4, -0.2) is 60.9 Å². The van der Waals surface area contributed by atoms with E-state index in [1.807, 2.05) is 18.4 Å². The van der Waals surface area contributed by atoms with E-state index in [1.165, 1.54) is 5.56 Å². The van der Waals surface area contributed by atoms with Gasteiger partial charge < -0.3 is 16.0 Å². The first kappa shape index (κ1) is 19.2. The second-order valence-electron chi connectivity index (χ2n) is 7.49. The molecule has 0 aliphatic carbocycles. The Morgan fingerprint density at radius 2 is 2.35 bits per heavy atom. The molecule has 1 amide bonds. The van der Waals surface area contributed by atoms with Crippen molar-refractivity contribution in [3.05, 3.63) is 21.9 Å². The van der Waals surface area contributed by atoms with E-state index in [-0.39, 0.29) is 5.91 Å². The lowest BCUT2D eigenvalue weighted by atomic mass is 9.95. The van der Waals surface area contributed by atoms with Gasteiger partial charge in [-0.1, -0.05) is 0 Å². The first-order valence-corrected chi connectivity index (χ1v) is 10.5. The average molecular weight is 378 g/mol. The molecule has 6 nitrogen and oxygen atoms in total. The largest absolute Gasteiger partial charge is 0.370 e. The number of carbonyl (C=O) groups is 1. The molecule has 3 N–H and O–H groups in total. The normalized spacial score (nSPS) is 22.8. The third-order valence-electron chi connectivity index (χ3n) is 5.54. The van der Waals surface area contributed by atoms with E-state index in [9.17, 15) is 4.79 Å². The molecule has 0 bridgehead atoms. The number of carbonyl (C=O) groups excluding carboxylic acids is 1. The van der Waals surface area contributed by atoms with E-state index in [1.54, 1.807) is 4.88 Å². The summed E-state index contributed by atoms with van der Waals surface area (Å²) in [6.07, 6.45) is 3.79. The fourth-order valence-corrected chi connectivity index (χ4v) is 4.95. The van der Waals surface area contributed by atoms with Crippen molar-refractivity contribution in [2.75, 3.05) is 33.2 Å². The van der Waals surface area contributed by atoms with Crippen molar-refractivity contribution < 1.29 is 4.79 Å². The molecule has 0 spiro atoms. The van der Waals surface area contributed by atoms with Crippen molar-refractivity contribution in [1.29, 1.82) is 0 Å². The molecule has 2 aliphatic heterocycles. The summed E-state index contributed by atoms with van der Waals surface area (Å²) in [6.45, 7) is 7.18. The quantitative estimate of drug-likeness (QED) is 0.605. The highest BCUT2D eigenvalue weighted by Gasteiger charge is 2.25. The Labute approximate surface area is 160 Å². The molecule has 2 unspecified atom stereocenters. The molecular formula is C19H31N5OS. The molecular weight excluding hydrogens is 346 g/mol. The summed E-state index contributed by atoms with van der Waals surface area (Å²) >= 11 is 1.88. The van der Waals surface area contributed by atoms with Crippen LogP contribution in [0.25, 0.3) is 0 Å². The molecule has 0 aromatic carbocycles. The maximum absolute atomic E-state index is 11.2. The van der Waals surface area contributed by atoms with E-state index in [4.69, 9.17) is 5.73 Å². The highest BCUT2D eigenvalue weighted by molar-refractivity contribution is 7.10. The highest BCUT2D eigenvalue weighted by atomic mass is 32.1. The van der Waals surface area contributed by atoms with E-state index >= 15 is 0 Å². The molecule has 26 heavy (non-hydrogen) atoms. The zero-order valence-electron chi connectivity index (χ0n) is 15.9. The van der Waals surface area contributed by atoms with Gasteiger partial charge in [0, 0.05) is 57.1 Å². The van der Waals surface area contributed by atoms with Crippen LogP contribution in [0.15, 0.2) is 16.4 Å². The van der Waals surface area contributed by atoms with Crippen LogP contribution in [-0.2, 0) is 17.8 Å². The van der Waals surface area contributed by atoms with E-state index in [2.05, 4.69) is 38.5 Å². The average Bonchev–Trinajstić information content (AvgIpc) is 3.09. The summed E-state index contributed by atoms with van der Waals surface area (Å²) < 4.78 is 0. The predicted molar refractivity (Wildman–Crippen MR) is 107 cm³/mol. The topological polar surface area (TPSA) is 74.0 Å². The van der Waals surface area contributed by atoms with Gasteiger partial charge in [-0.05, 0) is 49.1 Å². The molecule has 2 aliphatic rings. The first-order valence-electron chi connectivity index (χ1n) is 9.60. The Bertz CT molecular complexity index is 644. The number of hydrogen-bond acceptors (Lipinski definition) is 4. The predicted octanol–water partition coefficient (Wildman–Crippen LogP) is 1.66. The summed E-state index contributed by atoms with van der Waals surface area (Å²) in [4.78, 5) is 22.1. The third kappa shape index (κ3) is 4.76. The van der Waals surface area contributed by atoms with Crippen molar-refractivity contribution >= 4 is 23.2 Å². The monoisotopic (exact) mass is 377 g/mol. The number of fused-ring (bicyclic) bond motifs is 1. The summed E-state index contributed by atoms with van der Waals surface area (Å²) in [5.74, 6) is 1.09. The molecule has 1 aromatic rings. The van der Waals surface area contributed by atoms with E-state index in [0.29, 0.717) is 18.4 Å². The first-order chi connectivity index (χ1) is 12.6. The van der Waals surface area contributed by atoms with Crippen LogP contribution in [0.5, 0.6) is 0 Å². The van der Waals surface area contributed by atoms with Gasteiger partial charge in [0.25, 0.3) is 0 Å². The molecule has 0 saturated carbocycles. The van der Waals surface area contributed by atoms with Gasteiger partial charge in [-0.25, -0.2) is 0 Å². The number of amides is 1. The number of aliphatic imine (C=N–C) groups is 1. The second kappa shape index (κ2) is 8.86. The molecule has 7 heteroatoms. The van der Waals surface area contributed by atoms with Crippen LogP contribution >= 0.6 is 11.3 Å². The Morgan fingerprint density at radius 1 is 1.50 bits per heavy atom. The molecule has 1 fully saturated rings. The summed E-state index contributed by atoms with van der Waals surface area (Å²) in [5, 5.41) is 5.75. The van der Waals surface area contributed by atoms with Gasteiger partial charge in [0.05, 0.1) is 0 Å².